The van der Waals surface area contributed by atoms with Crippen LogP contribution >= 0.6 is 23.2 Å². The van der Waals surface area contributed by atoms with E-state index in [0.717, 1.165) is 0 Å². The standard InChI is InChI=1S/C13H16Cl2N2O3/c1-3-7(2)11(12(18)19)17-13(20)16-10-5-8(14)4-9(15)6-10/h4-7,11H,3H2,1-2H3,(H,18,19)(H2,16,17,20)/t7-,11-/m0/s1. The van der Waals surface area contributed by atoms with Gasteiger partial charge in [0.25, 0.3) is 0 Å². The first-order chi connectivity index (χ1) is 9.33. The Morgan fingerprint density at radius 1 is 1.25 bits per heavy atom. The van der Waals surface area contributed by atoms with Gasteiger partial charge in [0.2, 0.25) is 0 Å². The van der Waals surface area contributed by atoms with Crippen LogP contribution in [0.3, 0.4) is 0 Å². The van der Waals surface area contributed by atoms with Gasteiger partial charge in [0.05, 0.1) is 0 Å². The normalized spacial score (nSPS) is 13.4. The molecule has 1 aromatic carbocycles. The Labute approximate surface area is 127 Å². The molecule has 0 fully saturated rings. The topological polar surface area (TPSA) is 78.4 Å². The van der Waals surface area contributed by atoms with E-state index in [1.807, 2.05) is 6.92 Å². The summed E-state index contributed by atoms with van der Waals surface area (Å²) in [6.07, 6.45) is 0.639. The summed E-state index contributed by atoms with van der Waals surface area (Å²) in [6, 6.07) is 3.01. The maximum Gasteiger partial charge on any atom is 0.326 e. The number of carbonyl (C=O) groups excluding carboxylic acids is 1. The zero-order valence-corrected chi connectivity index (χ0v) is 12.6. The predicted octanol–water partition coefficient (Wildman–Crippen LogP) is 3.61. The fourth-order valence-corrected chi connectivity index (χ4v) is 2.14. The van der Waals surface area contributed by atoms with Crippen LogP contribution in [-0.2, 0) is 4.79 Å². The molecule has 0 aliphatic heterocycles. The van der Waals surface area contributed by atoms with Gasteiger partial charge >= 0.3 is 12.0 Å². The highest BCUT2D eigenvalue weighted by Gasteiger charge is 2.25. The summed E-state index contributed by atoms with van der Waals surface area (Å²) < 4.78 is 0. The minimum atomic E-state index is -1.07. The Balaban J connectivity index is 2.73. The Hall–Kier alpha value is -1.46. The molecule has 0 saturated heterocycles. The van der Waals surface area contributed by atoms with Crippen LogP contribution in [0.4, 0.5) is 10.5 Å². The van der Waals surface area contributed by atoms with E-state index >= 15 is 0 Å². The van der Waals surface area contributed by atoms with E-state index < -0.39 is 18.0 Å². The van der Waals surface area contributed by atoms with Crippen molar-refractivity contribution in [2.45, 2.75) is 26.3 Å². The lowest BCUT2D eigenvalue weighted by Gasteiger charge is -2.20. The fraction of sp³-hybridized carbons (Fsp3) is 0.385. The number of carboxylic acids is 1. The second-order valence-electron chi connectivity index (χ2n) is 4.46. The van der Waals surface area contributed by atoms with Crippen LogP contribution < -0.4 is 10.6 Å². The molecule has 110 valence electrons. The monoisotopic (exact) mass is 318 g/mol. The highest BCUT2D eigenvalue weighted by Crippen LogP contribution is 2.22. The van der Waals surface area contributed by atoms with E-state index in [0.29, 0.717) is 22.2 Å². The molecule has 1 aromatic rings. The summed E-state index contributed by atoms with van der Waals surface area (Å²) in [5.74, 6) is -1.25. The SMILES string of the molecule is CC[C@H](C)[C@H](NC(=O)Nc1cc(Cl)cc(Cl)c1)C(=O)O. The first-order valence-corrected chi connectivity index (χ1v) is 6.85. The van der Waals surface area contributed by atoms with Crippen LogP contribution in [-0.4, -0.2) is 23.1 Å². The van der Waals surface area contributed by atoms with Gasteiger partial charge in [0.15, 0.2) is 0 Å². The highest BCUT2D eigenvalue weighted by atomic mass is 35.5. The molecular weight excluding hydrogens is 303 g/mol. The summed E-state index contributed by atoms with van der Waals surface area (Å²) >= 11 is 11.6. The third kappa shape index (κ3) is 4.90. The van der Waals surface area contributed by atoms with Crippen molar-refractivity contribution in [1.29, 1.82) is 0 Å². The van der Waals surface area contributed by atoms with Crippen molar-refractivity contribution in [2.24, 2.45) is 5.92 Å². The van der Waals surface area contributed by atoms with Crippen molar-refractivity contribution in [3.8, 4) is 0 Å². The minimum Gasteiger partial charge on any atom is -0.480 e. The molecule has 2 atom stereocenters. The summed E-state index contributed by atoms with van der Waals surface area (Å²) in [7, 11) is 0. The van der Waals surface area contributed by atoms with Crippen LogP contribution in [0.2, 0.25) is 10.0 Å². The highest BCUT2D eigenvalue weighted by molar-refractivity contribution is 6.35. The van der Waals surface area contributed by atoms with Crippen LogP contribution in [0.5, 0.6) is 0 Å². The molecule has 5 nitrogen and oxygen atoms in total. The number of nitrogens with one attached hydrogen (secondary N) is 2. The molecule has 0 saturated carbocycles. The number of anilines is 1. The number of carboxylic acid groups (broad SMARTS) is 1. The molecule has 0 aliphatic rings. The summed E-state index contributed by atoms with van der Waals surface area (Å²) in [6.45, 7) is 3.62. The molecule has 0 spiro atoms. The van der Waals surface area contributed by atoms with Crippen molar-refractivity contribution >= 4 is 40.9 Å². The number of hydrogen-bond donors (Lipinski definition) is 3. The van der Waals surface area contributed by atoms with Crippen molar-refractivity contribution < 1.29 is 14.7 Å². The lowest BCUT2D eigenvalue weighted by Crippen LogP contribution is -2.46. The van der Waals surface area contributed by atoms with Gasteiger partial charge in [-0.1, -0.05) is 43.5 Å². The molecule has 1 rings (SSSR count). The molecule has 0 bridgehead atoms. The smallest absolute Gasteiger partial charge is 0.326 e. The number of rotatable bonds is 5. The zero-order valence-electron chi connectivity index (χ0n) is 11.1. The van der Waals surface area contributed by atoms with Crippen LogP contribution in [0.25, 0.3) is 0 Å². The number of urea groups is 1. The number of hydrogen-bond acceptors (Lipinski definition) is 2. The number of halogens is 2. The molecule has 2 amide bonds. The van der Waals surface area contributed by atoms with E-state index in [1.54, 1.807) is 6.92 Å². The maximum atomic E-state index is 11.8. The Bertz CT molecular complexity index is 488. The van der Waals surface area contributed by atoms with Gasteiger partial charge in [0.1, 0.15) is 6.04 Å². The molecular formula is C13H16Cl2N2O3. The lowest BCUT2D eigenvalue weighted by atomic mass is 9.99. The number of benzene rings is 1. The molecule has 0 heterocycles. The lowest BCUT2D eigenvalue weighted by molar-refractivity contribution is -0.140. The van der Waals surface area contributed by atoms with E-state index in [1.165, 1.54) is 18.2 Å². The van der Waals surface area contributed by atoms with E-state index in [4.69, 9.17) is 28.3 Å². The Morgan fingerprint density at radius 2 is 1.80 bits per heavy atom. The molecule has 0 aliphatic carbocycles. The van der Waals surface area contributed by atoms with Gasteiger partial charge in [-0.05, 0) is 24.1 Å². The molecule has 20 heavy (non-hydrogen) atoms. The van der Waals surface area contributed by atoms with Crippen LogP contribution in [0.1, 0.15) is 20.3 Å². The third-order valence-electron chi connectivity index (χ3n) is 2.89. The van der Waals surface area contributed by atoms with Crippen LogP contribution in [0, 0.1) is 5.92 Å². The Kier molecular flexibility index (Phi) is 6.10. The average Bonchev–Trinajstić information content (AvgIpc) is 2.33. The summed E-state index contributed by atoms with van der Waals surface area (Å²) in [5, 5.41) is 14.8. The minimum absolute atomic E-state index is 0.179. The third-order valence-corrected chi connectivity index (χ3v) is 3.32. The second kappa shape index (κ2) is 7.36. The van der Waals surface area contributed by atoms with Crippen LogP contribution in [0.15, 0.2) is 18.2 Å². The molecule has 0 unspecified atom stereocenters. The predicted molar refractivity (Wildman–Crippen MR) is 79.5 cm³/mol. The van der Waals surface area contributed by atoms with Gasteiger partial charge in [-0.15, -0.1) is 0 Å². The van der Waals surface area contributed by atoms with E-state index in [2.05, 4.69) is 10.6 Å². The van der Waals surface area contributed by atoms with Gasteiger partial charge in [0, 0.05) is 15.7 Å². The van der Waals surface area contributed by atoms with E-state index in [-0.39, 0.29) is 5.92 Å². The molecule has 0 aromatic heterocycles. The van der Waals surface area contributed by atoms with Gasteiger partial charge in [-0.3, -0.25) is 0 Å². The van der Waals surface area contributed by atoms with Crippen molar-refractivity contribution in [2.75, 3.05) is 5.32 Å². The largest absolute Gasteiger partial charge is 0.480 e. The van der Waals surface area contributed by atoms with Crippen molar-refractivity contribution in [3.63, 3.8) is 0 Å². The first-order valence-electron chi connectivity index (χ1n) is 6.10. The number of carbonyl (C=O) groups is 2. The first kappa shape index (κ1) is 16.6. The molecule has 0 radical (unpaired) electrons. The van der Waals surface area contributed by atoms with E-state index in [9.17, 15) is 9.59 Å². The quantitative estimate of drug-likeness (QED) is 0.775. The van der Waals surface area contributed by atoms with Gasteiger partial charge in [-0.2, -0.15) is 0 Å². The number of amides is 2. The Morgan fingerprint density at radius 3 is 2.25 bits per heavy atom. The zero-order chi connectivity index (χ0) is 15.3. The van der Waals surface area contributed by atoms with Crippen molar-refractivity contribution in [3.05, 3.63) is 28.2 Å². The summed E-state index contributed by atoms with van der Waals surface area (Å²) in [5.41, 5.74) is 0.397. The molecule has 3 N–H and O–H groups in total. The van der Waals surface area contributed by atoms with Crippen molar-refractivity contribution in [1.82, 2.24) is 5.32 Å². The second-order valence-corrected chi connectivity index (χ2v) is 5.33. The summed E-state index contributed by atoms with van der Waals surface area (Å²) in [4.78, 5) is 22.9. The van der Waals surface area contributed by atoms with Gasteiger partial charge < -0.3 is 15.7 Å². The van der Waals surface area contributed by atoms with Gasteiger partial charge in [-0.25, -0.2) is 9.59 Å². The average molecular weight is 319 g/mol. The maximum absolute atomic E-state index is 11.8. The molecule has 7 heteroatoms. The number of aliphatic carboxylic acids is 1. The fourth-order valence-electron chi connectivity index (χ4n) is 1.62.